The molecule has 0 aliphatic rings. The van der Waals surface area contributed by atoms with Gasteiger partial charge in [0.25, 0.3) is 0 Å². The van der Waals surface area contributed by atoms with E-state index in [0.717, 1.165) is 0 Å². The molecule has 6 heteroatoms. The van der Waals surface area contributed by atoms with Crippen molar-refractivity contribution >= 4 is 29.2 Å². The first kappa shape index (κ1) is 15.6. The molecule has 0 aromatic heterocycles. The van der Waals surface area contributed by atoms with Gasteiger partial charge in [-0.3, -0.25) is 0 Å². The highest BCUT2D eigenvalue weighted by Crippen LogP contribution is 2.23. The maximum Gasteiger partial charge on any atom is 0.344 e. The number of halogens is 3. The maximum absolute atomic E-state index is 13.3. The molecule has 0 atom stereocenters. The second kappa shape index (κ2) is 7.29. The van der Waals surface area contributed by atoms with E-state index in [0.29, 0.717) is 15.6 Å². The van der Waals surface area contributed by atoms with Crippen LogP contribution in [0.15, 0.2) is 42.5 Å². The second-order valence-corrected chi connectivity index (χ2v) is 4.94. The van der Waals surface area contributed by atoms with Crippen molar-refractivity contribution in [3.8, 4) is 5.75 Å². The Hall–Kier alpha value is -1.78. The molecule has 0 radical (unpaired) electrons. The van der Waals surface area contributed by atoms with Gasteiger partial charge in [-0.2, -0.15) is 0 Å². The van der Waals surface area contributed by atoms with Crippen LogP contribution >= 0.6 is 23.2 Å². The largest absolute Gasteiger partial charge is 0.479 e. The Morgan fingerprint density at radius 2 is 1.86 bits per heavy atom. The average Bonchev–Trinajstić information content (AvgIpc) is 2.47. The highest BCUT2D eigenvalue weighted by atomic mass is 35.5. The Labute approximate surface area is 131 Å². The fourth-order valence-corrected chi connectivity index (χ4v) is 1.85. The van der Waals surface area contributed by atoms with Gasteiger partial charge in [-0.15, -0.1) is 0 Å². The van der Waals surface area contributed by atoms with Crippen LogP contribution in [0.4, 0.5) is 4.39 Å². The minimum Gasteiger partial charge on any atom is -0.479 e. The predicted molar refractivity (Wildman–Crippen MR) is 78.2 cm³/mol. The number of ether oxygens (including phenoxy) is 2. The molecule has 3 nitrogen and oxygen atoms in total. The quantitative estimate of drug-likeness (QED) is 0.769. The fraction of sp³-hybridized carbons (Fsp3) is 0.133. The molecule has 0 saturated heterocycles. The van der Waals surface area contributed by atoms with Crippen molar-refractivity contribution < 1.29 is 18.7 Å². The lowest BCUT2D eigenvalue weighted by Crippen LogP contribution is -2.15. The van der Waals surface area contributed by atoms with Gasteiger partial charge in [0, 0.05) is 0 Å². The second-order valence-electron chi connectivity index (χ2n) is 4.13. The summed E-state index contributed by atoms with van der Waals surface area (Å²) >= 11 is 11.6. The normalized spacial score (nSPS) is 10.2. The molecule has 0 amide bonds. The molecule has 2 aromatic carbocycles. The Morgan fingerprint density at radius 1 is 1.10 bits per heavy atom. The minimum absolute atomic E-state index is 0.00369. The zero-order chi connectivity index (χ0) is 15.2. The summed E-state index contributed by atoms with van der Waals surface area (Å²) in [6.45, 7) is -0.335. The van der Waals surface area contributed by atoms with E-state index in [4.69, 9.17) is 32.7 Å². The SMILES string of the molecule is O=C(COc1ccccc1F)OCc1ccc(Cl)c(Cl)c1. The Morgan fingerprint density at radius 3 is 2.57 bits per heavy atom. The number of carbonyl (C=O) groups excluding carboxylic acids is 1. The molecular weight excluding hydrogens is 318 g/mol. The molecule has 0 spiro atoms. The predicted octanol–water partition coefficient (Wildman–Crippen LogP) is 4.25. The first-order valence-electron chi connectivity index (χ1n) is 6.03. The number of carbonyl (C=O) groups is 1. The Kier molecular flexibility index (Phi) is 5.42. The summed E-state index contributed by atoms with van der Waals surface area (Å²) in [4.78, 5) is 11.5. The number of hydrogen-bond acceptors (Lipinski definition) is 3. The van der Waals surface area contributed by atoms with E-state index in [1.165, 1.54) is 18.2 Å². The summed E-state index contributed by atoms with van der Waals surface area (Å²) in [7, 11) is 0. The van der Waals surface area contributed by atoms with E-state index in [9.17, 15) is 9.18 Å². The van der Waals surface area contributed by atoms with Crippen molar-refractivity contribution in [2.75, 3.05) is 6.61 Å². The van der Waals surface area contributed by atoms with Gasteiger partial charge in [-0.05, 0) is 29.8 Å². The highest BCUT2D eigenvalue weighted by Gasteiger charge is 2.08. The van der Waals surface area contributed by atoms with Gasteiger partial charge in [-0.1, -0.05) is 41.4 Å². The van der Waals surface area contributed by atoms with E-state index >= 15 is 0 Å². The number of benzene rings is 2. The van der Waals surface area contributed by atoms with Crippen LogP contribution in [0.5, 0.6) is 5.75 Å². The van der Waals surface area contributed by atoms with Crippen molar-refractivity contribution in [2.24, 2.45) is 0 Å². The van der Waals surface area contributed by atoms with E-state index in [1.807, 2.05) is 0 Å². The summed E-state index contributed by atoms with van der Waals surface area (Å²) in [6.07, 6.45) is 0. The zero-order valence-electron chi connectivity index (χ0n) is 10.8. The van der Waals surface area contributed by atoms with Gasteiger partial charge >= 0.3 is 5.97 Å². The minimum atomic E-state index is -0.607. The van der Waals surface area contributed by atoms with Gasteiger partial charge in [0.15, 0.2) is 18.2 Å². The Bertz CT molecular complexity index is 647. The lowest BCUT2D eigenvalue weighted by Gasteiger charge is -2.08. The van der Waals surface area contributed by atoms with Crippen molar-refractivity contribution in [1.29, 1.82) is 0 Å². The third kappa shape index (κ3) is 4.62. The third-order valence-electron chi connectivity index (χ3n) is 2.57. The zero-order valence-corrected chi connectivity index (χ0v) is 12.3. The van der Waals surface area contributed by atoms with E-state index in [-0.39, 0.29) is 19.0 Å². The lowest BCUT2D eigenvalue weighted by molar-refractivity contribution is -0.147. The van der Waals surface area contributed by atoms with E-state index in [1.54, 1.807) is 24.3 Å². The van der Waals surface area contributed by atoms with Crippen molar-refractivity contribution in [3.63, 3.8) is 0 Å². The van der Waals surface area contributed by atoms with Crippen LogP contribution in [-0.2, 0) is 16.1 Å². The average molecular weight is 329 g/mol. The van der Waals surface area contributed by atoms with Gasteiger partial charge in [0.1, 0.15) is 6.61 Å². The standard InChI is InChI=1S/C15H11Cl2FO3/c16-11-6-5-10(7-12(11)17)8-21-15(19)9-20-14-4-2-1-3-13(14)18/h1-7H,8-9H2. The van der Waals surface area contributed by atoms with Crippen LogP contribution in [0.1, 0.15) is 5.56 Å². The van der Waals surface area contributed by atoms with Crippen LogP contribution < -0.4 is 4.74 Å². The molecule has 0 bridgehead atoms. The molecule has 0 unspecified atom stereocenters. The van der Waals surface area contributed by atoms with Gasteiger partial charge in [-0.25, -0.2) is 9.18 Å². The third-order valence-corrected chi connectivity index (χ3v) is 3.31. The summed E-state index contributed by atoms with van der Waals surface area (Å²) in [6, 6.07) is 10.7. The fourth-order valence-electron chi connectivity index (χ4n) is 1.53. The Balaban J connectivity index is 1.82. The van der Waals surface area contributed by atoms with Crippen molar-refractivity contribution in [1.82, 2.24) is 0 Å². The molecular formula is C15H11Cl2FO3. The van der Waals surface area contributed by atoms with Gasteiger partial charge in [0.05, 0.1) is 10.0 Å². The summed E-state index contributed by atoms with van der Waals surface area (Å²) in [5, 5.41) is 0.808. The summed E-state index contributed by atoms with van der Waals surface area (Å²) < 4.78 is 23.3. The monoisotopic (exact) mass is 328 g/mol. The lowest BCUT2D eigenvalue weighted by atomic mass is 10.2. The van der Waals surface area contributed by atoms with Crippen LogP contribution in [0.3, 0.4) is 0 Å². The van der Waals surface area contributed by atoms with Crippen LogP contribution in [0, 0.1) is 5.82 Å². The molecule has 110 valence electrons. The number of rotatable bonds is 5. The molecule has 0 saturated carbocycles. The molecule has 0 N–H and O–H groups in total. The van der Waals surface area contributed by atoms with Crippen LogP contribution in [0.25, 0.3) is 0 Å². The molecule has 0 aliphatic heterocycles. The van der Waals surface area contributed by atoms with Crippen molar-refractivity contribution in [3.05, 3.63) is 63.9 Å². The molecule has 2 rings (SSSR count). The smallest absolute Gasteiger partial charge is 0.344 e. The first-order valence-corrected chi connectivity index (χ1v) is 6.79. The molecule has 0 aliphatic carbocycles. The molecule has 21 heavy (non-hydrogen) atoms. The summed E-state index contributed by atoms with van der Waals surface area (Å²) in [5.74, 6) is -1.14. The molecule has 0 heterocycles. The topological polar surface area (TPSA) is 35.5 Å². The van der Waals surface area contributed by atoms with Crippen LogP contribution in [-0.4, -0.2) is 12.6 Å². The number of esters is 1. The van der Waals surface area contributed by atoms with Gasteiger partial charge < -0.3 is 9.47 Å². The molecule has 2 aromatic rings. The van der Waals surface area contributed by atoms with Crippen LogP contribution in [0.2, 0.25) is 10.0 Å². The first-order chi connectivity index (χ1) is 10.1. The number of para-hydroxylation sites is 1. The van der Waals surface area contributed by atoms with Crippen molar-refractivity contribution in [2.45, 2.75) is 6.61 Å². The number of hydrogen-bond donors (Lipinski definition) is 0. The summed E-state index contributed by atoms with van der Waals surface area (Å²) in [5.41, 5.74) is 0.698. The highest BCUT2D eigenvalue weighted by molar-refractivity contribution is 6.42. The molecule has 0 fully saturated rings. The van der Waals surface area contributed by atoms with E-state index in [2.05, 4.69) is 0 Å². The van der Waals surface area contributed by atoms with E-state index < -0.39 is 11.8 Å². The maximum atomic E-state index is 13.3. The van der Waals surface area contributed by atoms with Gasteiger partial charge in [0.2, 0.25) is 0 Å².